The molecule has 0 bridgehead atoms. The minimum absolute atomic E-state index is 0.111. The van der Waals surface area contributed by atoms with Gasteiger partial charge in [0.05, 0.1) is 5.69 Å². The Kier molecular flexibility index (Phi) is 6.21. The lowest BCUT2D eigenvalue weighted by molar-refractivity contribution is 0.0775. The molecular formula is C20H27N5O2. The van der Waals surface area contributed by atoms with E-state index in [4.69, 9.17) is 0 Å². The number of amides is 2. The molecule has 0 aromatic carbocycles. The SMILES string of the molecule is CCCCN(C)C(=O)c1nc(C(=O)NCc2ccncc2)c2n1CCCC2. The lowest BCUT2D eigenvalue weighted by Gasteiger charge is -2.20. The minimum Gasteiger partial charge on any atom is -0.347 e. The van der Waals surface area contributed by atoms with Crippen molar-refractivity contribution in [2.24, 2.45) is 0 Å². The van der Waals surface area contributed by atoms with Crippen LogP contribution in [0.5, 0.6) is 0 Å². The first kappa shape index (κ1) is 19.1. The number of aromatic nitrogens is 3. The number of pyridine rings is 1. The summed E-state index contributed by atoms with van der Waals surface area (Å²) in [5.41, 5.74) is 2.23. The van der Waals surface area contributed by atoms with E-state index in [1.807, 2.05) is 16.7 Å². The van der Waals surface area contributed by atoms with E-state index in [2.05, 4.69) is 22.2 Å². The monoisotopic (exact) mass is 369 g/mol. The number of rotatable bonds is 7. The van der Waals surface area contributed by atoms with Crippen molar-refractivity contribution in [1.82, 2.24) is 24.8 Å². The highest BCUT2D eigenvalue weighted by atomic mass is 16.2. The maximum atomic E-state index is 12.8. The van der Waals surface area contributed by atoms with Gasteiger partial charge < -0.3 is 14.8 Å². The maximum absolute atomic E-state index is 12.8. The van der Waals surface area contributed by atoms with Crippen LogP contribution in [-0.4, -0.2) is 44.8 Å². The van der Waals surface area contributed by atoms with Crippen molar-refractivity contribution in [2.45, 2.75) is 52.1 Å². The minimum atomic E-state index is -0.229. The Bertz CT molecular complexity index is 800. The second-order valence-electron chi connectivity index (χ2n) is 6.96. The molecule has 0 atom stereocenters. The summed E-state index contributed by atoms with van der Waals surface area (Å²) in [4.78, 5) is 35.7. The van der Waals surface area contributed by atoms with E-state index in [0.717, 1.165) is 49.9 Å². The molecule has 3 rings (SSSR count). The van der Waals surface area contributed by atoms with Gasteiger partial charge in [-0.3, -0.25) is 14.6 Å². The van der Waals surface area contributed by atoms with Gasteiger partial charge in [-0.25, -0.2) is 4.98 Å². The van der Waals surface area contributed by atoms with Crippen molar-refractivity contribution in [1.29, 1.82) is 0 Å². The third kappa shape index (κ3) is 4.35. The average molecular weight is 369 g/mol. The highest BCUT2D eigenvalue weighted by molar-refractivity contribution is 5.97. The van der Waals surface area contributed by atoms with Crippen molar-refractivity contribution in [3.05, 3.63) is 47.3 Å². The van der Waals surface area contributed by atoms with Crippen LogP contribution >= 0.6 is 0 Å². The molecule has 2 aromatic heterocycles. The number of nitrogens with zero attached hydrogens (tertiary/aromatic N) is 4. The van der Waals surface area contributed by atoms with Crippen LogP contribution in [0, 0.1) is 0 Å². The molecule has 2 amide bonds. The molecular weight excluding hydrogens is 342 g/mol. The standard InChI is InChI=1S/C20H27N5O2/c1-3-4-12-24(2)20(27)18-23-17(16-7-5-6-13-25(16)18)19(26)22-14-15-8-10-21-11-9-15/h8-11H,3-7,12-14H2,1-2H3,(H,22,26). The summed E-state index contributed by atoms with van der Waals surface area (Å²) in [6.45, 7) is 3.94. The topological polar surface area (TPSA) is 80.1 Å². The molecule has 3 heterocycles. The number of carbonyl (C=O) groups excluding carboxylic acids is 2. The summed E-state index contributed by atoms with van der Waals surface area (Å²) in [5, 5.41) is 2.91. The molecule has 0 fully saturated rings. The molecule has 7 nitrogen and oxygen atoms in total. The first-order valence-corrected chi connectivity index (χ1v) is 9.63. The first-order valence-electron chi connectivity index (χ1n) is 9.63. The second-order valence-corrected chi connectivity index (χ2v) is 6.96. The fourth-order valence-corrected chi connectivity index (χ4v) is 3.32. The zero-order chi connectivity index (χ0) is 19.2. The third-order valence-electron chi connectivity index (χ3n) is 4.92. The van der Waals surface area contributed by atoms with E-state index in [1.165, 1.54) is 0 Å². The Hall–Kier alpha value is -2.70. The molecule has 7 heteroatoms. The maximum Gasteiger partial charge on any atom is 0.289 e. The predicted octanol–water partition coefficient (Wildman–Crippen LogP) is 2.42. The van der Waals surface area contributed by atoms with Gasteiger partial charge in [-0.1, -0.05) is 13.3 Å². The summed E-state index contributed by atoms with van der Waals surface area (Å²) in [7, 11) is 1.80. The Morgan fingerprint density at radius 2 is 2.04 bits per heavy atom. The normalized spacial score (nSPS) is 13.1. The summed E-state index contributed by atoms with van der Waals surface area (Å²) in [5.74, 6) is 0.0462. The second kappa shape index (κ2) is 8.79. The van der Waals surface area contributed by atoms with E-state index in [9.17, 15) is 9.59 Å². The summed E-state index contributed by atoms with van der Waals surface area (Å²) in [6, 6.07) is 3.72. The Labute approximate surface area is 159 Å². The van der Waals surface area contributed by atoms with Crippen LogP contribution in [0.1, 0.15) is 65.0 Å². The van der Waals surface area contributed by atoms with Gasteiger partial charge in [-0.15, -0.1) is 0 Å². The molecule has 0 unspecified atom stereocenters. The van der Waals surface area contributed by atoms with E-state index < -0.39 is 0 Å². The molecule has 2 aromatic rings. The van der Waals surface area contributed by atoms with E-state index in [0.29, 0.717) is 24.6 Å². The zero-order valence-corrected chi connectivity index (χ0v) is 16.1. The lowest BCUT2D eigenvalue weighted by Crippen LogP contribution is -2.31. The molecule has 0 aliphatic carbocycles. The number of unbranched alkanes of at least 4 members (excludes halogenated alkanes) is 1. The molecule has 27 heavy (non-hydrogen) atoms. The largest absolute Gasteiger partial charge is 0.347 e. The number of imidazole rings is 1. The van der Waals surface area contributed by atoms with Crippen LogP contribution in [-0.2, 0) is 19.5 Å². The van der Waals surface area contributed by atoms with Crippen molar-refractivity contribution in [3.8, 4) is 0 Å². The van der Waals surface area contributed by atoms with Crippen LogP contribution in [0.25, 0.3) is 0 Å². The van der Waals surface area contributed by atoms with Crippen molar-refractivity contribution < 1.29 is 9.59 Å². The molecule has 0 saturated heterocycles. The average Bonchev–Trinajstić information content (AvgIpc) is 3.10. The smallest absolute Gasteiger partial charge is 0.289 e. The van der Waals surface area contributed by atoms with Crippen LogP contribution in [0.4, 0.5) is 0 Å². The highest BCUT2D eigenvalue weighted by Gasteiger charge is 2.28. The summed E-state index contributed by atoms with van der Waals surface area (Å²) < 4.78 is 1.94. The van der Waals surface area contributed by atoms with Crippen LogP contribution in [0.15, 0.2) is 24.5 Å². The number of hydrogen-bond acceptors (Lipinski definition) is 4. The van der Waals surface area contributed by atoms with Gasteiger partial charge in [0.15, 0.2) is 5.82 Å². The van der Waals surface area contributed by atoms with Crippen LogP contribution in [0.2, 0.25) is 0 Å². The summed E-state index contributed by atoms with van der Waals surface area (Å²) >= 11 is 0. The molecule has 1 aliphatic rings. The summed E-state index contributed by atoms with van der Waals surface area (Å²) in [6.07, 6.45) is 8.16. The van der Waals surface area contributed by atoms with Crippen molar-refractivity contribution >= 4 is 11.8 Å². The molecule has 0 radical (unpaired) electrons. The third-order valence-corrected chi connectivity index (χ3v) is 4.92. The van der Waals surface area contributed by atoms with E-state index in [-0.39, 0.29) is 11.8 Å². The number of nitrogens with one attached hydrogen (secondary N) is 1. The van der Waals surface area contributed by atoms with Crippen LogP contribution < -0.4 is 5.32 Å². The number of hydrogen-bond donors (Lipinski definition) is 1. The molecule has 1 aliphatic heterocycles. The van der Waals surface area contributed by atoms with Gasteiger partial charge in [0.2, 0.25) is 0 Å². The highest BCUT2D eigenvalue weighted by Crippen LogP contribution is 2.22. The van der Waals surface area contributed by atoms with Gasteiger partial charge >= 0.3 is 0 Å². The number of carbonyl (C=O) groups is 2. The van der Waals surface area contributed by atoms with E-state index >= 15 is 0 Å². The van der Waals surface area contributed by atoms with Crippen LogP contribution in [0.3, 0.4) is 0 Å². The zero-order valence-electron chi connectivity index (χ0n) is 16.1. The van der Waals surface area contributed by atoms with Gasteiger partial charge in [-0.05, 0) is 43.4 Å². The molecule has 0 spiro atoms. The Morgan fingerprint density at radius 1 is 1.26 bits per heavy atom. The van der Waals surface area contributed by atoms with Crippen molar-refractivity contribution in [2.75, 3.05) is 13.6 Å². The lowest BCUT2D eigenvalue weighted by atomic mass is 10.1. The quantitative estimate of drug-likeness (QED) is 0.813. The fourth-order valence-electron chi connectivity index (χ4n) is 3.32. The Balaban J connectivity index is 1.80. The van der Waals surface area contributed by atoms with Gasteiger partial charge in [0.1, 0.15) is 5.69 Å². The van der Waals surface area contributed by atoms with E-state index in [1.54, 1.807) is 24.3 Å². The first-order chi connectivity index (χ1) is 13.1. The number of fused-ring (bicyclic) bond motifs is 1. The fraction of sp³-hybridized carbons (Fsp3) is 0.500. The van der Waals surface area contributed by atoms with Gasteiger partial charge in [0.25, 0.3) is 11.8 Å². The molecule has 0 saturated carbocycles. The molecule has 144 valence electrons. The molecule has 1 N–H and O–H groups in total. The van der Waals surface area contributed by atoms with Crippen molar-refractivity contribution in [3.63, 3.8) is 0 Å². The van der Waals surface area contributed by atoms with Gasteiger partial charge in [0, 0.05) is 39.1 Å². The van der Waals surface area contributed by atoms with Gasteiger partial charge in [-0.2, -0.15) is 0 Å². The predicted molar refractivity (Wildman–Crippen MR) is 102 cm³/mol. The Morgan fingerprint density at radius 3 is 2.78 bits per heavy atom.